The smallest absolute Gasteiger partial charge is 0.325 e. The molecule has 1 aromatic heterocycles. The highest BCUT2D eigenvalue weighted by Crippen LogP contribution is 2.33. The summed E-state index contributed by atoms with van der Waals surface area (Å²) < 4.78 is 54.9. The minimum Gasteiger partial charge on any atom is -0.325 e. The van der Waals surface area contributed by atoms with Crippen LogP contribution in [0.5, 0.6) is 0 Å². The second-order valence-corrected chi connectivity index (χ2v) is 8.04. The van der Waals surface area contributed by atoms with E-state index in [1.54, 1.807) is 4.90 Å². The first-order chi connectivity index (χ1) is 16.7. The van der Waals surface area contributed by atoms with E-state index in [0.717, 1.165) is 49.9 Å². The molecule has 1 saturated heterocycles. The average molecular weight is 490 g/mol. The summed E-state index contributed by atoms with van der Waals surface area (Å²) in [7, 11) is 0. The van der Waals surface area contributed by atoms with Crippen molar-refractivity contribution in [3.63, 3.8) is 0 Å². The molecule has 4 rings (SSSR count). The Bertz CT molecular complexity index is 1180. The molecule has 0 bridgehead atoms. The van der Waals surface area contributed by atoms with Crippen LogP contribution in [-0.2, 0) is 6.18 Å². The predicted octanol–water partition coefficient (Wildman–Crippen LogP) is 5.09. The Balaban J connectivity index is 1.48. The van der Waals surface area contributed by atoms with Crippen LogP contribution in [0, 0.1) is 5.82 Å². The molecule has 0 spiro atoms. The van der Waals surface area contributed by atoms with Crippen molar-refractivity contribution in [2.45, 2.75) is 31.9 Å². The van der Waals surface area contributed by atoms with Gasteiger partial charge in [-0.2, -0.15) is 13.2 Å². The normalized spacial score (nSPS) is 14.3. The first-order valence-corrected chi connectivity index (χ1v) is 11.0. The SMILES string of the molecule is O=C(Nc1ccc(NC(=O)N2CCCCCC2)cc1)c1nnn(-c2ccc(F)cc2)c1C(F)(F)F. The molecule has 1 aliphatic heterocycles. The van der Waals surface area contributed by atoms with E-state index in [-0.39, 0.29) is 17.4 Å². The van der Waals surface area contributed by atoms with Crippen LogP contribution in [0.15, 0.2) is 48.5 Å². The van der Waals surface area contributed by atoms with Gasteiger partial charge in [-0.3, -0.25) is 4.79 Å². The number of carbonyl (C=O) groups excluding carboxylic acids is 2. The molecule has 35 heavy (non-hydrogen) atoms. The summed E-state index contributed by atoms with van der Waals surface area (Å²) in [5.41, 5.74) is -1.74. The number of rotatable bonds is 4. The van der Waals surface area contributed by atoms with Gasteiger partial charge in [0.25, 0.3) is 5.91 Å². The van der Waals surface area contributed by atoms with Gasteiger partial charge in [0, 0.05) is 24.5 Å². The van der Waals surface area contributed by atoms with Crippen LogP contribution in [-0.4, -0.2) is 44.9 Å². The standard InChI is InChI=1S/C23H22F4N6O2/c24-15-5-11-18(12-6-15)33-20(23(25,26)27)19(30-31-33)21(34)28-16-7-9-17(10-8-16)29-22(35)32-13-3-1-2-4-14-32/h5-12H,1-4,13-14H2,(H,28,34)(H,29,35). The molecule has 0 aliphatic carbocycles. The molecule has 3 aromatic rings. The van der Waals surface area contributed by atoms with Crippen molar-refractivity contribution in [3.05, 3.63) is 65.7 Å². The number of nitrogens with zero attached hydrogens (tertiary/aromatic N) is 4. The number of carbonyl (C=O) groups is 2. The topological polar surface area (TPSA) is 92.2 Å². The second kappa shape index (κ2) is 10.1. The van der Waals surface area contributed by atoms with Crippen LogP contribution in [0.25, 0.3) is 5.69 Å². The fraction of sp³-hybridized carbons (Fsp3) is 0.304. The lowest BCUT2D eigenvalue weighted by Crippen LogP contribution is -2.35. The van der Waals surface area contributed by atoms with Gasteiger partial charge in [0.2, 0.25) is 0 Å². The Morgan fingerprint density at radius 3 is 1.97 bits per heavy atom. The molecule has 0 unspecified atom stereocenters. The molecule has 8 nitrogen and oxygen atoms in total. The summed E-state index contributed by atoms with van der Waals surface area (Å²) in [5.74, 6) is -1.75. The van der Waals surface area contributed by atoms with E-state index < -0.39 is 29.3 Å². The molecular formula is C23H22F4N6O2. The Kier molecular flexibility index (Phi) is 6.99. The minimum atomic E-state index is -4.95. The number of urea groups is 1. The quantitative estimate of drug-likeness (QED) is 0.499. The molecular weight excluding hydrogens is 468 g/mol. The fourth-order valence-electron chi connectivity index (χ4n) is 3.76. The van der Waals surface area contributed by atoms with Crippen LogP contribution >= 0.6 is 0 Å². The molecule has 1 aliphatic rings. The van der Waals surface area contributed by atoms with Gasteiger partial charge in [0.15, 0.2) is 11.4 Å². The van der Waals surface area contributed by atoms with Crippen molar-refractivity contribution in [2.24, 2.45) is 0 Å². The summed E-state index contributed by atoms with van der Waals surface area (Å²) in [6.07, 6.45) is -0.877. The van der Waals surface area contributed by atoms with Crippen LogP contribution in [0.3, 0.4) is 0 Å². The molecule has 0 atom stereocenters. The number of amides is 3. The maximum Gasteiger partial charge on any atom is 0.435 e. The molecule has 0 radical (unpaired) electrons. The van der Waals surface area contributed by atoms with Gasteiger partial charge in [-0.1, -0.05) is 18.1 Å². The van der Waals surface area contributed by atoms with Gasteiger partial charge in [-0.15, -0.1) is 5.10 Å². The lowest BCUT2D eigenvalue weighted by Gasteiger charge is -2.20. The molecule has 0 saturated carbocycles. The van der Waals surface area contributed by atoms with Crippen molar-refractivity contribution in [1.29, 1.82) is 0 Å². The lowest BCUT2D eigenvalue weighted by atomic mass is 10.2. The van der Waals surface area contributed by atoms with E-state index in [1.807, 2.05) is 0 Å². The molecule has 2 heterocycles. The monoisotopic (exact) mass is 490 g/mol. The van der Waals surface area contributed by atoms with Crippen LogP contribution in [0.1, 0.15) is 41.9 Å². The average Bonchev–Trinajstić information content (AvgIpc) is 3.10. The zero-order chi connectivity index (χ0) is 25.0. The van der Waals surface area contributed by atoms with Gasteiger partial charge in [-0.25, -0.2) is 13.9 Å². The van der Waals surface area contributed by atoms with Gasteiger partial charge >= 0.3 is 12.2 Å². The van der Waals surface area contributed by atoms with Crippen molar-refractivity contribution < 1.29 is 27.2 Å². The highest BCUT2D eigenvalue weighted by Gasteiger charge is 2.42. The zero-order valence-corrected chi connectivity index (χ0v) is 18.5. The number of anilines is 2. The van der Waals surface area contributed by atoms with Crippen molar-refractivity contribution in [2.75, 3.05) is 23.7 Å². The van der Waals surface area contributed by atoms with E-state index in [4.69, 9.17) is 0 Å². The zero-order valence-electron chi connectivity index (χ0n) is 18.5. The van der Waals surface area contributed by atoms with Gasteiger partial charge in [-0.05, 0) is 61.4 Å². The number of alkyl halides is 3. The maximum absolute atomic E-state index is 13.8. The Labute approximate surface area is 197 Å². The number of nitrogens with one attached hydrogen (secondary N) is 2. The first-order valence-electron chi connectivity index (χ1n) is 11.0. The lowest BCUT2D eigenvalue weighted by molar-refractivity contribution is -0.143. The number of hydrogen-bond acceptors (Lipinski definition) is 4. The third-order valence-electron chi connectivity index (χ3n) is 5.51. The van der Waals surface area contributed by atoms with Gasteiger partial charge in [0.05, 0.1) is 5.69 Å². The molecule has 184 valence electrons. The highest BCUT2D eigenvalue weighted by atomic mass is 19.4. The van der Waals surface area contributed by atoms with E-state index in [9.17, 15) is 27.2 Å². The summed E-state index contributed by atoms with van der Waals surface area (Å²) >= 11 is 0. The molecule has 3 amide bonds. The molecule has 1 fully saturated rings. The van der Waals surface area contributed by atoms with Gasteiger partial charge in [0.1, 0.15) is 5.82 Å². The largest absolute Gasteiger partial charge is 0.435 e. The predicted molar refractivity (Wildman–Crippen MR) is 120 cm³/mol. The third-order valence-corrected chi connectivity index (χ3v) is 5.51. The highest BCUT2D eigenvalue weighted by molar-refractivity contribution is 6.04. The molecule has 12 heteroatoms. The number of hydrogen-bond donors (Lipinski definition) is 2. The van der Waals surface area contributed by atoms with Crippen LogP contribution in [0.2, 0.25) is 0 Å². The Morgan fingerprint density at radius 2 is 1.40 bits per heavy atom. The van der Waals surface area contributed by atoms with E-state index in [2.05, 4.69) is 20.9 Å². The van der Waals surface area contributed by atoms with Crippen molar-refractivity contribution in [3.8, 4) is 5.69 Å². The number of likely N-dealkylation sites (tertiary alicyclic amines) is 1. The minimum absolute atomic E-state index is 0.102. The second-order valence-electron chi connectivity index (χ2n) is 8.04. The van der Waals surface area contributed by atoms with Crippen molar-refractivity contribution in [1.82, 2.24) is 19.9 Å². The van der Waals surface area contributed by atoms with Crippen molar-refractivity contribution >= 4 is 23.3 Å². The number of benzene rings is 2. The van der Waals surface area contributed by atoms with E-state index in [1.165, 1.54) is 24.3 Å². The van der Waals surface area contributed by atoms with Crippen LogP contribution < -0.4 is 10.6 Å². The van der Waals surface area contributed by atoms with E-state index in [0.29, 0.717) is 23.5 Å². The third kappa shape index (κ3) is 5.76. The summed E-state index contributed by atoms with van der Waals surface area (Å²) in [6, 6.07) is 9.89. The summed E-state index contributed by atoms with van der Waals surface area (Å²) in [5, 5.41) is 12.0. The first kappa shape index (κ1) is 24.2. The van der Waals surface area contributed by atoms with E-state index >= 15 is 0 Å². The summed E-state index contributed by atoms with van der Waals surface area (Å²) in [6.45, 7) is 1.36. The van der Waals surface area contributed by atoms with Crippen LogP contribution in [0.4, 0.5) is 33.7 Å². The molecule has 2 N–H and O–H groups in total. The van der Waals surface area contributed by atoms with Gasteiger partial charge < -0.3 is 15.5 Å². The number of halogens is 4. The number of aromatic nitrogens is 3. The Hall–Kier alpha value is -3.96. The Morgan fingerprint density at radius 1 is 0.829 bits per heavy atom. The fourth-order valence-corrected chi connectivity index (χ4v) is 3.76. The summed E-state index contributed by atoms with van der Waals surface area (Å²) in [4.78, 5) is 26.8. The maximum atomic E-state index is 13.8. The molecule has 2 aromatic carbocycles.